The van der Waals surface area contributed by atoms with Crippen molar-refractivity contribution in [1.82, 2.24) is 19.9 Å². The first-order valence-electron chi connectivity index (χ1n) is 9.21. The Morgan fingerprint density at radius 1 is 1.36 bits per heavy atom. The van der Waals surface area contributed by atoms with Crippen molar-refractivity contribution >= 4 is 0 Å². The first-order valence-corrected chi connectivity index (χ1v) is 9.21. The minimum absolute atomic E-state index is 0.360. The molecule has 6 nitrogen and oxygen atoms in total. The van der Waals surface area contributed by atoms with Gasteiger partial charge in [-0.3, -0.25) is 9.88 Å². The quantitative estimate of drug-likeness (QED) is 0.684. The first kappa shape index (κ1) is 18.0. The Hall–Kier alpha value is -1.76. The fraction of sp³-hybridized carbons (Fsp3) is 0.579. The van der Waals surface area contributed by atoms with Crippen LogP contribution in [-0.2, 0) is 24.3 Å². The molecule has 2 heterocycles. The van der Waals surface area contributed by atoms with Crippen molar-refractivity contribution in [2.45, 2.75) is 51.3 Å². The fourth-order valence-electron chi connectivity index (χ4n) is 3.65. The number of ether oxygens (including phenoxy) is 1. The van der Waals surface area contributed by atoms with Gasteiger partial charge in [-0.25, -0.2) is 4.98 Å². The number of nitrogens with two attached hydrogens (primary N) is 1. The Bertz CT molecular complexity index is 657. The average molecular weight is 343 g/mol. The zero-order chi connectivity index (χ0) is 17.5. The summed E-state index contributed by atoms with van der Waals surface area (Å²) in [7, 11) is 1.70. The second-order valence-corrected chi connectivity index (χ2v) is 6.71. The number of H-pyrrole nitrogens is 1. The molecule has 1 aliphatic carbocycles. The van der Waals surface area contributed by atoms with Crippen LogP contribution in [0.15, 0.2) is 24.5 Å². The molecule has 0 saturated heterocycles. The summed E-state index contributed by atoms with van der Waals surface area (Å²) >= 11 is 0. The zero-order valence-corrected chi connectivity index (χ0v) is 15.1. The summed E-state index contributed by atoms with van der Waals surface area (Å²) in [5, 5.41) is 0. The molecule has 0 fully saturated rings. The SMILES string of the molecule is COCc1cnc(CN(CCCCN)C2CCCc3cccnc32)[nH]1. The molecule has 0 radical (unpaired) electrons. The van der Waals surface area contributed by atoms with Crippen LogP contribution in [0.4, 0.5) is 0 Å². The molecular formula is C19H29N5O. The summed E-state index contributed by atoms with van der Waals surface area (Å²) in [5.74, 6) is 0.989. The van der Waals surface area contributed by atoms with E-state index in [0.29, 0.717) is 12.6 Å². The highest BCUT2D eigenvalue weighted by atomic mass is 16.5. The molecule has 0 bridgehead atoms. The molecule has 1 atom stereocenters. The second kappa shape index (κ2) is 9.08. The number of nitrogens with zero attached hydrogens (tertiary/aromatic N) is 3. The number of imidazole rings is 1. The Balaban J connectivity index is 1.77. The van der Waals surface area contributed by atoms with E-state index in [1.165, 1.54) is 17.7 Å². The number of methoxy groups -OCH3 is 1. The summed E-state index contributed by atoms with van der Waals surface area (Å²) in [4.78, 5) is 15.1. The van der Waals surface area contributed by atoms with Gasteiger partial charge in [0.1, 0.15) is 5.82 Å². The van der Waals surface area contributed by atoms with Gasteiger partial charge >= 0.3 is 0 Å². The number of hydrogen-bond acceptors (Lipinski definition) is 5. The summed E-state index contributed by atoms with van der Waals surface area (Å²) in [6.07, 6.45) is 9.42. The van der Waals surface area contributed by atoms with Gasteiger partial charge in [-0.2, -0.15) is 0 Å². The number of fused-ring (bicyclic) bond motifs is 1. The van der Waals surface area contributed by atoms with E-state index in [1.807, 2.05) is 18.5 Å². The highest BCUT2D eigenvalue weighted by Crippen LogP contribution is 2.33. The molecule has 2 aromatic rings. The highest BCUT2D eigenvalue weighted by molar-refractivity contribution is 5.25. The minimum atomic E-state index is 0.360. The van der Waals surface area contributed by atoms with Crippen molar-refractivity contribution < 1.29 is 4.74 Å². The van der Waals surface area contributed by atoms with Crippen molar-refractivity contribution in [2.75, 3.05) is 20.2 Å². The second-order valence-electron chi connectivity index (χ2n) is 6.71. The van der Waals surface area contributed by atoms with Crippen LogP contribution in [0.25, 0.3) is 0 Å². The maximum atomic E-state index is 5.70. The van der Waals surface area contributed by atoms with Crippen LogP contribution < -0.4 is 5.73 Å². The van der Waals surface area contributed by atoms with E-state index >= 15 is 0 Å². The molecule has 0 amide bonds. The van der Waals surface area contributed by atoms with Gasteiger partial charge in [0.25, 0.3) is 0 Å². The Morgan fingerprint density at radius 3 is 3.12 bits per heavy atom. The predicted molar refractivity (Wildman–Crippen MR) is 97.9 cm³/mol. The van der Waals surface area contributed by atoms with Crippen LogP contribution in [0, 0.1) is 0 Å². The number of pyridine rings is 1. The lowest BCUT2D eigenvalue weighted by Crippen LogP contribution is -2.33. The molecule has 0 aliphatic heterocycles. The summed E-state index contributed by atoms with van der Waals surface area (Å²) < 4.78 is 5.18. The van der Waals surface area contributed by atoms with Crippen LogP contribution in [-0.4, -0.2) is 40.1 Å². The molecule has 136 valence electrons. The lowest BCUT2D eigenvalue weighted by Gasteiger charge is -2.34. The number of unbranched alkanes of at least 4 members (excludes halogenated alkanes) is 1. The number of nitrogens with one attached hydrogen (secondary N) is 1. The van der Waals surface area contributed by atoms with Gasteiger partial charge in [0.05, 0.1) is 36.8 Å². The first-order chi connectivity index (χ1) is 12.3. The molecule has 1 unspecified atom stereocenters. The molecule has 1 aliphatic rings. The van der Waals surface area contributed by atoms with E-state index in [1.54, 1.807) is 7.11 Å². The Morgan fingerprint density at radius 2 is 2.28 bits per heavy atom. The van der Waals surface area contributed by atoms with Gasteiger partial charge in [0, 0.05) is 13.3 Å². The largest absolute Gasteiger partial charge is 0.378 e. The molecule has 6 heteroatoms. The lowest BCUT2D eigenvalue weighted by molar-refractivity contribution is 0.158. The topological polar surface area (TPSA) is 80.1 Å². The van der Waals surface area contributed by atoms with E-state index in [-0.39, 0.29) is 0 Å². The molecule has 0 aromatic carbocycles. The molecular weight excluding hydrogens is 314 g/mol. The molecule has 25 heavy (non-hydrogen) atoms. The summed E-state index contributed by atoms with van der Waals surface area (Å²) in [5.41, 5.74) is 9.34. The fourth-order valence-corrected chi connectivity index (χ4v) is 3.65. The van der Waals surface area contributed by atoms with Gasteiger partial charge in [0.15, 0.2) is 0 Å². The molecule has 3 N–H and O–H groups in total. The smallest absolute Gasteiger partial charge is 0.120 e. The average Bonchev–Trinajstić information content (AvgIpc) is 3.08. The van der Waals surface area contributed by atoms with E-state index in [2.05, 4.69) is 20.9 Å². The van der Waals surface area contributed by atoms with Crippen LogP contribution in [0.2, 0.25) is 0 Å². The minimum Gasteiger partial charge on any atom is -0.378 e. The van der Waals surface area contributed by atoms with Gasteiger partial charge in [-0.05, 0) is 56.8 Å². The standard InChI is InChI=1S/C19H29N5O/c1-25-14-16-12-22-18(23-16)13-24(11-3-2-9-20)17-8-4-6-15-7-5-10-21-19(15)17/h5,7,10,12,17H,2-4,6,8-9,11,13-14,20H2,1H3,(H,22,23). The Labute approximate surface area is 149 Å². The van der Waals surface area contributed by atoms with Crippen molar-refractivity contribution in [1.29, 1.82) is 0 Å². The van der Waals surface area contributed by atoms with E-state index in [9.17, 15) is 0 Å². The van der Waals surface area contributed by atoms with Crippen LogP contribution in [0.5, 0.6) is 0 Å². The Kier molecular flexibility index (Phi) is 6.55. The zero-order valence-electron chi connectivity index (χ0n) is 15.1. The lowest BCUT2D eigenvalue weighted by atomic mass is 9.90. The van der Waals surface area contributed by atoms with E-state index in [0.717, 1.165) is 56.8 Å². The molecule has 3 rings (SSSR count). The third-order valence-corrected chi connectivity index (χ3v) is 4.84. The number of aromatic nitrogens is 3. The summed E-state index contributed by atoms with van der Waals surface area (Å²) in [6.45, 7) is 3.12. The third-order valence-electron chi connectivity index (χ3n) is 4.84. The van der Waals surface area contributed by atoms with Gasteiger partial charge in [-0.1, -0.05) is 6.07 Å². The van der Waals surface area contributed by atoms with Crippen molar-refractivity contribution in [3.63, 3.8) is 0 Å². The van der Waals surface area contributed by atoms with Crippen molar-refractivity contribution in [3.8, 4) is 0 Å². The van der Waals surface area contributed by atoms with Crippen LogP contribution in [0.3, 0.4) is 0 Å². The predicted octanol–water partition coefficient (Wildman–Crippen LogP) is 2.57. The maximum Gasteiger partial charge on any atom is 0.120 e. The number of aromatic amines is 1. The molecule has 0 spiro atoms. The monoisotopic (exact) mass is 343 g/mol. The van der Waals surface area contributed by atoms with Crippen molar-refractivity contribution in [3.05, 3.63) is 47.3 Å². The van der Waals surface area contributed by atoms with Gasteiger partial charge < -0.3 is 15.5 Å². The van der Waals surface area contributed by atoms with E-state index in [4.69, 9.17) is 15.5 Å². The molecule has 2 aromatic heterocycles. The number of hydrogen-bond donors (Lipinski definition) is 2. The van der Waals surface area contributed by atoms with Crippen LogP contribution >= 0.6 is 0 Å². The number of aryl methyl sites for hydroxylation is 1. The normalized spacial score (nSPS) is 17.0. The van der Waals surface area contributed by atoms with E-state index < -0.39 is 0 Å². The number of rotatable bonds is 9. The van der Waals surface area contributed by atoms with Gasteiger partial charge in [0.2, 0.25) is 0 Å². The highest BCUT2D eigenvalue weighted by Gasteiger charge is 2.27. The van der Waals surface area contributed by atoms with Crippen molar-refractivity contribution in [2.24, 2.45) is 5.73 Å². The maximum absolute atomic E-state index is 5.70. The third kappa shape index (κ3) is 4.66. The van der Waals surface area contributed by atoms with Crippen LogP contribution in [0.1, 0.15) is 54.5 Å². The van der Waals surface area contributed by atoms with Gasteiger partial charge in [-0.15, -0.1) is 0 Å². The summed E-state index contributed by atoms with van der Waals surface area (Å²) in [6, 6.07) is 4.62. The molecule has 0 saturated carbocycles.